The van der Waals surface area contributed by atoms with Crippen molar-refractivity contribution in [3.63, 3.8) is 0 Å². The van der Waals surface area contributed by atoms with E-state index in [1.165, 1.54) is 5.56 Å². The maximum Gasteiger partial charge on any atom is 0.258 e. The summed E-state index contributed by atoms with van der Waals surface area (Å²) in [5.74, 6) is 2.18. The molecule has 0 fully saturated rings. The van der Waals surface area contributed by atoms with E-state index in [1.807, 2.05) is 61.1 Å². The van der Waals surface area contributed by atoms with Crippen LogP contribution < -0.4 is 16.0 Å². The zero-order valence-corrected chi connectivity index (χ0v) is 36.6. The van der Waals surface area contributed by atoms with Gasteiger partial charge in [-0.15, -0.1) is 0 Å². The van der Waals surface area contributed by atoms with E-state index in [9.17, 15) is 9.59 Å². The molecule has 270 valence electrons. The number of H-pyrrole nitrogens is 2. The molecule has 5 N–H and O–H groups in total. The van der Waals surface area contributed by atoms with Gasteiger partial charge in [0.2, 0.25) is 5.91 Å². The quantitative estimate of drug-likeness (QED) is 0.0937. The highest BCUT2D eigenvalue weighted by Gasteiger charge is 2.43. The molecule has 12 nitrogen and oxygen atoms in total. The van der Waals surface area contributed by atoms with Gasteiger partial charge in [-0.05, 0) is 124 Å². The lowest BCUT2D eigenvalue weighted by molar-refractivity contribution is -0.116. The summed E-state index contributed by atoms with van der Waals surface area (Å²) in [5.41, 5.74) is 4.95. The Morgan fingerprint density at radius 3 is 1.96 bits per heavy atom. The number of nitrogens with one attached hydrogen (secondary N) is 5. The summed E-state index contributed by atoms with van der Waals surface area (Å²) in [6, 6.07) is 15.8. The van der Waals surface area contributed by atoms with Crippen LogP contribution in [-0.2, 0) is 25.7 Å². The van der Waals surface area contributed by atoms with E-state index in [1.54, 1.807) is 24.8 Å². The average Bonchev–Trinajstić information content (AvgIpc) is 3.98. The zero-order valence-electron chi connectivity index (χ0n) is 27.1. The van der Waals surface area contributed by atoms with Crippen LogP contribution >= 0.6 is 95.6 Å². The minimum Gasteiger partial charge on any atom is -0.370 e. The Morgan fingerprint density at radius 1 is 0.623 bits per heavy atom. The topological polar surface area (TPSA) is 166 Å². The Labute approximate surface area is 353 Å². The first-order valence-corrected chi connectivity index (χ1v) is 20.4. The number of aromatic amines is 2. The number of anilines is 3. The highest BCUT2D eigenvalue weighted by atomic mass is 79.9. The van der Waals surface area contributed by atoms with Crippen LogP contribution in [0, 0.1) is 0 Å². The molecule has 7 aromatic heterocycles. The van der Waals surface area contributed by atoms with Gasteiger partial charge in [-0.3, -0.25) is 9.59 Å². The molecule has 0 saturated heterocycles. The van der Waals surface area contributed by atoms with E-state index in [0.29, 0.717) is 18.1 Å². The monoisotopic (exact) mass is 1090 g/mol. The van der Waals surface area contributed by atoms with Gasteiger partial charge in [0.25, 0.3) is 5.91 Å². The predicted octanol–water partition coefficient (Wildman–Crippen LogP) is 9.78. The fourth-order valence-electron chi connectivity index (χ4n) is 5.11. The molecule has 10 rings (SSSR count). The molecule has 0 aromatic carbocycles. The Morgan fingerprint density at radius 2 is 1.23 bits per heavy atom. The third-order valence-electron chi connectivity index (χ3n) is 7.56. The lowest BCUT2D eigenvalue weighted by Gasteiger charge is -2.09. The van der Waals surface area contributed by atoms with Crippen LogP contribution in [0.1, 0.15) is 16.7 Å². The first kappa shape index (κ1) is 39.2. The normalized spacial score (nSPS) is 13.9. The van der Waals surface area contributed by atoms with Crippen molar-refractivity contribution in [3.05, 3.63) is 126 Å². The standard InChI is InChI=1S/C7H3Br3N2O.C7H5BrN2O.C7H7BrN2.C7H5BrN2.C7H6N2/c8-3-1-4-5(11-2-3)12-6(13)7(4,9)10;8-5-1-4-2-6(11)10-7(4)9-3-5;2*8-6-3-5-1-2-9-7(5)10-4-6;1-2-6-3-5-9-7(6)8-4-1/h1-2H,(H,11,12,13);1,3H,2H2,(H,9,10,11);3-4H,1-2H2,(H,9,10);1-4H,(H,9,10);1-5H,(H,8,9). The molecule has 0 saturated carbocycles. The first-order valence-electron chi connectivity index (χ1n) is 15.6. The van der Waals surface area contributed by atoms with Crippen molar-refractivity contribution in [3.8, 4) is 0 Å². The second-order valence-corrected chi connectivity index (χ2v) is 18.4. The van der Waals surface area contributed by atoms with Crippen molar-refractivity contribution >= 4 is 147 Å². The summed E-state index contributed by atoms with van der Waals surface area (Å²) in [5, 5.41) is 10.8. The molecule has 0 radical (unpaired) electrons. The maximum absolute atomic E-state index is 11.4. The fourth-order valence-corrected chi connectivity index (χ4v) is 7.35. The Balaban J connectivity index is 0.000000114. The second-order valence-electron chi connectivity index (χ2n) is 11.3. The Bertz CT molecular complexity index is 2390. The number of hydrogen-bond acceptors (Lipinski definition) is 8. The molecule has 0 bridgehead atoms. The number of fused-ring (bicyclic) bond motifs is 5. The van der Waals surface area contributed by atoms with Gasteiger partial charge in [0.05, 0.1) is 6.42 Å². The highest BCUT2D eigenvalue weighted by Crippen LogP contribution is 2.47. The molecule has 18 heteroatoms. The zero-order chi connectivity index (χ0) is 37.5. The van der Waals surface area contributed by atoms with Crippen LogP contribution in [0.25, 0.3) is 22.1 Å². The minimum absolute atomic E-state index is 0.0191. The molecule has 0 unspecified atom stereocenters. The van der Waals surface area contributed by atoms with Gasteiger partial charge < -0.3 is 25.9 Å². The minimum atomic E-state index is -0.841. The van der Waals surface area contributed by atoms with Crippen molar-refractivity contribution in [2.24, 2.45) is 0 Å². The SMILES string of the molecule is Brc1cnc2[nH]ccc2c1.Brc1cnc2c(c1)CCN2.O=C1Cc2cc(Br)cnc2N1.O=C1Nc2ncc(Br)cc2C1(Br)Br.c1cnc2[nH]ccc2c1. The third kappa shape index (κ3) is 10.2. The largest absolute Gasteiger partial charge is 0.370 e. The molecular formula is C35H26Br6N10O2. The summed E-state index contributed by atoms with van der Waals surface area (Å²) in [4.78, 5) is 48.8. The fraction of sp³-hybridized carbons (Fsp3) is 0.114. The van der Waals surface area contributed by atoms with Crippen LogP contribution in [0.3, 0.4) is 0 Å². The van der Waals surface area contributed by atoms with Crippen LogP contribution in [0.2, 0.25) is 0 Å². The van der Waals surface area contributed by atoms with Crippen molar-refractivity contribution in [2.45, 2.75) is 16.1 Å². The summed E-state index contributed by atoms with van der Waals surface area (Å²) in [7, 11) is 0. The number of alkyl halides is 2. The molecule has 10 heterocycles. The number of halogens is 6. The lowest BCUT2D eigenvalue weighted by atomic mass is 10.2. The molecule has 2 amide bonds. The van der Waals surface area contributed by atoms with E-state index >= 15 is 0 Å². The molecule has 0 atom stereocenters. The van der Waals surface area contributed by atoms with E-state index in [-0.39, 0.29) is 11.8 Å². The summed E-state index contributed by atoms with van der Waals surface area (Å²) >= 11 is 19.9. The number of rotatable bonds is 0. The number of aromatic nitrogens is 7. The average molecular weight is 1100 g/mol. The predicted molar refractivity (Wildman–Crippen MR) is 228 cm³/mol. The van der Waals surface area contributed by atoms with Crippen molar-refractivity contribution in [1.29, 1.82) is 0 Å². The maximum atomic E-state index is 11.4. The summed E-state index contributed by atoms with van der Waals surface area (Å²) < 4.78 is 2.99. The van der Waals surface area contributed by atoms with Gasteiger partial charge in [0.15, 0.2) is 3.23 Å². The van der Waals surface area contributed by atoms with Crippen molar-refractivity contribution in [2.75, 3.05) is 22.5 Å². The molecule has 0 aliphatic carbocycles. The Kier molecular flexibility index (Phi) is 13.1. The smallest absolute Gasteiger partial charge is 0.258 e. The van der Waals surface area contributed by atoms with Crippen LogP contribution in [0.15, 0.2) is 110 Å². The molecule has 3 aliphatic heterocycles. The number of amides is 2. The van der Waals surface area contributed by atoms with Crippen LogP contribution in [0.5, 0.6) is 0 Å². The van der Waals surface area contributed by atoms with E-state index in [2.05, 4.69) is 152 Å². The van der Waals surface area contributed by atoms with E-state index < -0.39 is 3.23 Å². The van der Waals surface area contributed by atoms with Gasteiger partial charge in [-0.2, -0.15) is 0 Å². The molecule has 7 aromatic rings. The third-order valence-corrected chi connectivity index (χ3v) is 10.9. The molecule has 3 aliphatic rings. The molecule has 0 spiro atoms. The highest BCUT2D eigenvalue weighted by molar-refractivity contribution is 9.25. The molecule has 53 heavy (non-hydrogen) atoms. The van der Waals surface area contributed by atoms with Crippen LogP contribution in [0.4, 0.5) is 17.5 Å². The van der Waals surface area contributed by atoms with Gasteiger partial charge in [-0.25, -0.2) is 24.9 Å². The van der Waals surface area contributed by atoms with E-state index in [4.69, 9.17) is 0 Å². The first-order chi connectivity index (χ1) is 25.5. The number of nitrogens with zero attached hydrogens (tertiary/aromatic N) is 5. The lowest BCUT2D eigenvalue weighted by Crippen LogP contribution is -2.20. The number of carbonyl (C=O) groups excluding carboxylic acids is 2. The number of hydrogen-bond donors (Lipinski definition) is 5. The second kappa shape index (κ2) is 17.7. The summed E-state index contributed by atoms with van der Waals surface area (Å²) in [6.45, 7) is 1.03. The summed E-state index contributed by atoms with van der Waals surface area (Å²) in [6.07, 6.45) is 14.0. The Hall–Kier alpha value is -3.55. The molecular weight excluding hydrogens is 1070 g/mol. The van der Waals surface area contributed by atoms with Crippen molar-refractivity contribution in [1.82, 2.24) is 34.9 Å². The van der Waals surface area contributed by atoms with Gasteiger partial charge in [0.1, 0.15) is 28.7 Å². The van der Waals surface area contributed by atoms with Gasteiger partial charge >= 0.3 is 0 Å². The number of pyridine rings is 5. The van der Waals surface area contributed by atoms with Crippen LogP contribution in [-0.4, -0.2) is 53.2 Å². The van der Waals surface area contributed by atoms with Gasteiger partial charge in [-0.1, -0.05) is 31.9 Å². The van der Waals surface area contributed by atoms with Gasteiger partial charge in [0, 0.05) is 89.7 Å². The number of carbonyl (C=O) groups is 2. The van der Waals surface area contributed by atoms with E-state index in [0.717, 1.165) is 69.9 Å². The van der Waals surface area contributed by atoms with Crippen molar-refractivity contribution < 1.29 is 9.59 Å².